The lowest BCUT2D eigenvalue weighted by molar-refractivity contribution is -0.248. The zero-order chi connectivity index (χ0) is 40.1. The van der Waals surface area contributed by atoms with Crippen molar-refractivity contribution in [2.24, 2.45) is 74.2 Å². The van der Waals surface area contributed by atoms with Gasteiger partial charge in [0.05, 0.1) is 23.3 Å². The highest BCUT2D eigenvalue weighted by atomic mass is 32.2. The molecule has 6 saturated carbocycles. The van der Waals surface area contributed by atoms with Gasteiger partial charge in [-0.25, -0.2) is 8.42 Å². The largest absolute Gasteiger partial charge is 0.481 e. The standard InChI is InChI=1S/C45H75N3O6S/c1-28(2)30-12-18-45(47-21-15-29(27-46)48-22-24-55(52,53)25-23-48)20-19-43(8)31(37(30)45)10-11-35-42(7)16-14-36(41(5,6)34(42)13-17-44(35,43)9)54-39(51)33-26-32(38(49)50)40(33,3)4/h29-37,47H,1,10-27,46H2,2-9H3,(H,49,50)/t29?,30-,31+,32-,33+,34-,35+,36-,37+,42-,43+,44+,45-/m0/s1. The van der Waals surface area contributed by atoms with Crippen LogP contribution >= 0.6 is 0 Å². The fourth-order valence-electron chi connectivity index (χ4n) is 15.6. The number of carboxylic acid groups (broad SMARTS) is 1. The van der Waals surface area contributed by atoms with Crippen molar-refractivity contribution in [2.45, 2.75) is 150 Å². The Hall–Kier alpha value is -1.49. The molecule has 7 fully saturated rings. The van der Waals surface area contributed by atoms with Crippen molar-refractivity contribution in [1.82, 2.24) is 10.2 Å². The lowest BCUT2D eigenvalue weighted by Crippen LogP contribution is -2.69. The lowest BCUT2D eigenvalue weighted by Gasteiger charge is -2.73. The van der Waals surface area contributed by atoms with Crippen molar-refractivity contribution in [2.75, 3.05) is 37.7 Å². The van der Waals surface area contributed by atoms with Gasteiger partial charge in [0.1, 0.15) is 6.10 Å². The summed E-state index contributed by atoms with van der Waals surface area (Å²) in [6.07, 6.45) is 12.8. The number of nitrogens with one attached hydrogen (secondary N) is 1. The minimum Gasteiger partial charge on any atom is -0.481 e. The molecule has 13 atom stereocenters. The summed E-state index contributed by atoms with van der Waals surface area (Å²) >= 11 is 0. The summed E-state index contributed by atoms with van der Waals surface area (Å²) in [6, 6.07) is 0.201. The highest BCUT2D eigenvalue weighted by Gasteiger charge is 2.71. The Balaban J connectivity index is 1.07. The Bertz CT molecular complexity index is 1630. The average molecular weight is 786 g/mol. The maximum Gasteiger partial charge on any atom is 0.309 e. The van der Waals surface area contributed by atoms with Crippen LogP contribution in [0.4, 0.5) is 0 Å². The Morgan fingerprint density at radius 3 is 2.18 bits per heavy atom. The molecule has 0 aromatic heterocycles. The summed E-state index contributed by atoms with van der Waals surface area (Å²) < 4.78 is 30.7. The number of aliphatic carboxylic acids is 1. The van der Waals surface area contributed by atoms with Crippen LogP contribution in [-0.2, 0) is 24.2 Å². The molecule has 6 aliphatic carbocycles. The van der Waals surface area contributed by atoms with Gasteiger partial charge in [-0.2, -0.15) is 0 Å². The van der Waals surface area contributed by atoms with Gasteiger partial charge >= 0.3 is 11.9 Å². The smallest absolute Gasteiger partial charge is 0.309 e. The summed E-state index contributed by atoms with van der Waals surface area (Å²) in [4.78, 5) is 27.7. The first-order chi connectivity index (χ1) is 25.6. The molecule has 0 aromatic carbocycles. The second kappa shape index (κ2) is 14.1. The lowest BCUT2D eigenvalue weighted by atomic mass is 9.32. The van der Waals surface area contributed by atoms with Crippen molar-refractivity contribution in [3.63, 3.8) is 0 Å². The van der Waals surface area contributed by atoms with Crippen LogP contribution in [0.5, 0.6) is 0 Å². The summed E-state index contributed by atoms with van der Waals surface area (Å²) in [5.41, 5.74) is 7.62. The number of hydrogen-bond donors (Lipinski definition) is 3. The zero-order valence-electron chi connectivity index (χ0n) is 35.6. The molecule has 1 saturated heterocycles. The van der Waals surface area contributed by atoms with E-state index >= 15 is 0 Å². The maximum absolute atomic E-state index is 13.6. The van der Waals surface area contributed by atoms with Crippen molar-refractivity contribution in [3.05, 3.63) is 12.2 Å². The molecule has 0 radical (unpaired) electrons. The SMILES string of the molecule is C=C(C)[C@@H]1CC[C@]2(NCCC(CN)N3CCS(=O)(=O)CC3)CC[C@]3(C)[C@H](CC[C@@H]4[C@@]5(C)CC[C@H](OC(=O)[C@H]6C[C@@H](C(=O)O)C6(C)C)C(C)(C)[C@@H]5CC[C@]43C)[C@@H]12. The van der Waals surface area contributed by atoms with E-state index in [0.717, 1.165) is 32.2 Å². The quantitative estimate of drug-likeness (QED) is 0.157. The van der Waals surface area contributed by atoms with Gasteiger partial charge in [-0.05, 0) is 142 Å². The summed E-state index contributed by atoms with van der Waals surface area (Å²) in [7, 11) is -2.92. The molecule has 1 heterocycles. The number of sulfone groups is 1. The van der Waals surface area contributed by atoms with Gasteiger partial charge < -0.3 is 20.9 Å². The molecule has 1 aliphatic heterocycles. The third-order valence-electron chi connectivity index (χ3n) is 19.2. The predicted octanol–water partition coefficient (Wildman–Crippen LogP) is 7.09. The molecule has 9 nitrogen and oxygen atoms in total. The highest BCUT2D eigenvalue weighted by molar-refractivity contribution is 7.91. The molecular formula is C45H75N3O6S. The third kappa shape index (κ3) is 6.42. The Kier molecular flexibility index (Phi) is 10.7. The average Bonchev–Trinajstić information content (AvgIpc) is 3.48. The van der Waals surface area contributed by atoms with Crippen LogP contribution in [0.2, 0.25) is 0 Å². The topological polar surface area (TPSA) is 139 Å². The second-order valence-corrected chi connectivity index (χ2v) is 24.2. The van der Waals surface area contributed by atoms with Crippen LogP contribution < -0.4 is 11.1 Å². The van der Waals surface area contributed by atoms with E-state index in [0.29, 0.717) is 55.6 Å². The number of carbonyl (C=O) groups is 2. The molecule has 0 aromatic rings. The minimum atomic E-state index is -2.92. The van der Waals surface area contributed by atoms with Crippen molar-refractivity contribution >= 4 is 21.8 Å². The molecule has 10 heteroatoms. The molecule has 4 N–H and O–H groups in total. The molecule has 0 amide bonds. The fraction of sp³-hybridized carbons (Fsp3) is 0.911. The van der Waals surface area contributed by atoms with Gasteiger partial charge in [0.25, 0.3) is 0 Å². The normalized spacial score (nSPS) is 46.1. The van der Waals surface area contributed by atoms with E-state index in [1.54, 1.807) is 0 Å². The van der Waals surface area contributed by atoms with E-state index < -0.39 is 27.1 Å². The number of carbonyl (C=O) groups excluding carboxylic acids is 1. The first-order valence-electron chi connectivity index (χ1n) is 22.1. The molecule has 0 bridgehead atoms. The minimum absolute atomic E-state index is 0.103. The molecule has 55 heavy (non-hydrogen) atoms. The van der Waals surface area contributed by atoms with Crippen molar-refractivity contribution in [1.29, 1.82) is 0 Å². The van der Waals surface area contributed by atoms with Gasteiger partial charge in [-0.15, -0.1) is 0 Å². The second-order valence-electron chi connectivity index (χ2n) is 21.9. The van der Waals surface area contributed by atoms with E-state index in [9.17, 15) is 23.1 Å². The molecule has 7 rings (SSSR count). The highest BCUT2D eigenvalue weighted by Crippen LogP contribution is 2.76. The first kappa shape index (κ1) is 41.7. The maximum atomic E-state index is 13.6. The van der Waals surface area contributed by atoms with Crippen molar-refractivity contribution < 1.29 is 27.9 Å². The van der Waals surface area contributed by atoms with Crippen molar-refractivity contribution in [3.8, 4) is 0 Å². The van der Waals surface area contributed by atoms with Crippen LogP contribution in [0.3, 0.4) is 0 Å². The summed E-state index contributed by atoms with van der Waals surface area (Å²) in [5, 5.41) is 13.9. The van der Waals surface area contributed by atoms with E-state index in [1.165, 1.54) is 50.5 Å². The van der Waals surface area contributed by atoms with Crippen LogP contribution in [0, 0.1) is 68.5 Å². The zero-order valence-corrected chi connectivity index (χ0v) is 36.4. The number of fused-ring (bicyclic) bond motifs is 7. The predicted molar refractivity (Wildman–Crippen MR) is 218 cm³/mol. The Morgan fingerprint density at radius 2 is 1.56 bits per heavy atom. The molecule has 0 spiro atoms. The van der Waals surface area contributed by atoms with Crippen LogP contribution in [0.25, 0.3) is 0 Å². The number of nitrogens with zero attached hydrogens (tertiary/aromatic N) is 1. The van der Waals surface area contributed by atoms with Gasteiger partial charge in [0.2, 0.25) is 0 Å². The number of esters is 1. The van der Waals surface area contributed by atoms with Gasteiger partial charge in [0, 0.05) is 36.6 Å². The van der Waals surface area contributed by atoms with Crippen LogP contribution in [0.1, 0.15) is 132 Å². The molecule has 1 unspecified atom stereocenters. The van der Waals surface area contributed by atoms with E-state index in [2.05, 4.69) is 58.3 Å². The van der Waals surface area contributed by atoms with E-state index in [1.807, 2.05) is 13.8 Å². The number of allylic oxidation sites excluding steroid dienone is 1. The number of rotatable bonds is 10. The van der Waals surface area contributed by atoms with E-state index in [4.69, 9.17) is 10.5 Å². The summed E-state index contributed by atoms with van der Waals surface area (Å²) in [6.45, 7) is 26.0. The molecule has 312 valence electrons. The fourth-order valence-corrected chi connectivity index (χ4v) is 16.9. The first-order valence-corrected chi connectivity index (χ1v) is 23.9. The summed E-state index contributed by atoms with van der Waals surface area (Å²) in [5.74, 6) is 1.41. The number of hydrogen-bond acceptors (Lipinski definition) is 8. The number of ether oxygens (including phenoxy) is 1. The van der Waals surface area contributed by atoms with Gasteiger partial charge in [0.15, 0.2) is 9.84 Å². The monoisotopic (exact) mass is 786 g/mol. The Labute approximate surface area is 333 Å². The number of nitrogens with two attached hydrogens (primary N) is 1. The van der Waals surface area contributed by atoms with E-state index in [-0.39, 0.29) is 62.7 Å². The molecule has 7 aliphatic rings. The number of carboxylic acids is 1. The molecular weight excluding hydrogens is 711 g/mol. The van der Waals surface area contributed by atoms with Gasteiger partial charge in [-0.1, -0.05) is 60.6 Å². The van der Waals surface area contributed by atoms with Crippen LogP contribution in [0.15, 0.2) is 12.2 Å². The van der Waals surface area contributed by atoms with Gasteiger partial charge in [-0.3, -0.25) is 14.5 Å². The van der Waals surface area contributed by atoms with Crippen LogP contribution in [-0.4, -0.2) is 85.7 Å². The third-order valence-corrected chi connectivity index (χ3v) is 20.8. The Morgan fingerprint density at radius 1 is 0.873 bits per heavy atom.